The van der Waals surface area contributed by atoms with Crippen LogP contribution >= 0.6 is 0 Å². The Kier molecular flexibility index (Phi) is 7.17. The Bertz CT molecular complexity index is 882. The van der Waals surface area contributed by atoms with E-state index in [2.05, 4.69) is 5.32 Å². The Balaban J connectivity index is 1.53. The fourth-order valence-corrected chi connectivity index (χ4v) is 3.51. The van der Waals surface area contributed by atoms with Gasteiger partial charge < -0.3 is 24.4 Å². The van der Waals surface area contributed by atoms with Gasteiger partial charge in [-0.15, -0.1) is 0 Å². The van der Waals surface area contributed by atoms with E-state index < -0.39 is 0 Å². The van der Waals surface area contributed by atoms with Crippen molar-refractivity contribution in [1.29, 1.82) is 0 Å². The van der Waals surface area contributed by atoms with Crippen LogP contribution in [0.25, 0.3) is 0 Å². The quantitative estimate of drug-likeness (QED) is 0.685. The summed E-state index contributed by atoms with van der Waals surface area (Å²) in [6, 6.07) is 13.0. The minimum atomic E-state index is -0.352. The number of rotatable bonds is 9. The minimum absolute atomic E-state index is 0.00215. The maximum Gasteiger partial charge on any atom is 0.229 e. The van der Waals surface area contributed by atoms with E-state index in [0.29, 0.717) is 43.3 Å². The number of carbonyl (C=O) groups excluding carboxylic acids is 2. The smallest absolute Gasteiger partial charge is 0.229 e. The molecule has 1 atom stereocenters. The van der Waals surface area contributed by atoms with Crippen molar-refractivity contribution in [3.05, 3.63) is 48.0 Å². The summed E-state index contributed by atoms with van der Waals surface area (Å²) in [4.78, 5) is 26.7. The van der Waals surface area contributed by atoms with Crippen LogP contribution in [0.4, 0.5) is 5.69 Å². The molecular weight excluding hydrogens is 384 g/mol. The van der Waals surface area contributed by atoms with Crippen molar-refractivity contribution in [2.24, 2.45) is 5.92 Å². The molecule has 1 saturated heterocycles. The lowest BCUT2D eigenvalue weighted by Crippen LogP contribution is -2.30. The molecule has 0 saturated carbocycles. The topological polar surface area (TPSA) is 77.1 Å². The van der Waals surface area contributed by atoms with Gasteiger partial charge in [0.25, 0.3) is 0 Å². The SMILES string of the molecule is CCOc1ccc(NC(=O)C2CC(=O)N(CCc3ccc(OC)c(OC)c3)C2)cc1. The third-order valence-electron chi connectivity index (χ3n) is 5.14. The van der Waals surface area contributed by atoms with E-state index in [1.165, 1.54) is 0 Å². The number of carbonyl (C=O) groups is 2. The van der Waals surface area contributed by atoms with Gasteiger partial charge in [-0.25, -0.2) is 0 Å². The molecule has 160 valence electrons. The third kappa shape index (κ3) is 5.23. The van der Waals surface area contributed by atoms with Gasteiger partial charge in [0.1, 0.15) is 5.75 Å². The summed E-state index contributed by atoms with van der Waals surface area (Å²) < 4.78 is 16.0. The minimum Gasteiger partial charge on any atom is -0.494 e. The number of benzene rings is 2. The van der Waals surface area contributed by atoms with Gasteiger partial charge in [0.15, 0.2) is 11.5 Å². The van der Waals surface area contributed by atoms with E-state index in [9.17, 15) is 9.59 Å². The maximum absolute atomic E-state index is 12.6. The van der Waals surface area contributed by atoms with Crippen LogP contribution in [0.15, 0.2) is 42.5 Å². The molecule has 0 spiro atoms. The molecule has 0 aliphatic carbocycles. The van der Waals surface area contributed by atoms with Crippen molar-refractivity contribution in [3.63, 3.8) is 0 Å². The first-order chi connectivity index (χ1) is 14.5. The zero-order valence-electron chi connectivity index (χ0n) is 17.6. The molecule has 0 aromatic heterocycles. The van der Waals surface area contributed by atoms with E-state index in [0.717, 1.165) is 11.3 Å². The highest BCUT2D eigenvalue weighted by Crippen LogP contribution is 2.28. The molecule has 2 aromatic carbocycles. The van der Waals surface area contributed by atoms with Crippen LogP contribution in [0.5, 0.6) is 17.2 Å². The van der Waals surface area contributed by atoms with E-state index in [-0.39, 0.29) is 24.2 Å². The largest absolute Gasteiger partial charge is 0.494 e. The number of methoxy groups -OCH3 is 2. The summed E-state index contributed by atoms with van der Waals surface area (Å²) in [7, 11) is 3.19. The lowest BCUT2D eigenvalue weighted by molar-refractivity contribution is -0.128. The average Bonchev–Trinajstić information content (AvgIpc) is 3.14. The number of anilines is 1. The molecule has 2 amide bonds. The van der Waals surface area contributed by atoms with E-state index >= 15 is 0 Å². The highest BCUT2D eigenvalue weighted by molar-refractivity contribution is 5.97. The molecule has 2 aromatic rings. The molecule has 7 heteroatoms. The third-order valence-corrected chi connectivity index (χ3v) is 5.14. The van der Waals surface area contributed by atoms with Crippen molar-refractivity contribution >= 4 is 17.5 Å². The second-order valence-electron chi connectivity index (χ2n) is 7.13. The highest BCUT2D eigenvalue weighted by atomic mass is 16.5. The summed E-state index contributed by atoms with van der Waals surface area (Å²) in [5.41, 5.74) is 1.74. The Morgan fingerprint density at radius 1 is 1.10 bits per heavy atom. The molecule has 1 unspecified atom stereocenters. The van der Waals surface area contributed by atoms with Gasteiger partial charge in [0.05, 0.1) is 26.7 Å². The molecule has 1 heterocycles. The van der Waals surface area contributed by atoms with E-state index in [1.54, 1.807) is 31.3 Å². The lowest BCUT2D eigenvalue weighted by atomic mass is 10.1. The molecule has 7 nitrogen and oxygen atoms in total. The average molecular weight is 412 g/mol. The highest BCUT2D eigenvalue weighted by Gasteiger charge is 2.34. The first-order valence-corrected chi connectivity index (χ1v) is 10.1. The van der Waals surface area contributed by atoms with E-state index in [1.807, 2.05) is 37.3 Å². The molecule has 1 aliphatic rings. The summed E-state index contributed by atoms with van der Waals surface area (Å²) in [6.45, 7) is 3.49. The molecule has 1 aliphatic heterocycles. The number of hydrogen-bond acceptors (Lipinski definition) is 5. The number of hydrogen-bond donors (Lipinski definition) is 1. The van der Waals surface area contributed by atoms with E-state index in [4.69, 9.17) is 14.2 Å². The van der Waals surface area contributed by atoms with Crippen LogP contribution in [0, 0.1) is 5.92 Å². The van der Waals surface area contributed by atoms with Crippen molar-refractivity contribution in [1.82, 2.24) is 4.90 Å². The molecule has 3 rings (SSSR count). The Hall–Kier alpha value is -3.22. The molecule has 0 bridgehead atoms. The van der Waals surface area contributed by atoms with Crippen molar-refractivity contribution < 1.29 is 23.8 Å². The monoisotopic (exact) mass is 412 g/mol. The molecule has 1 N–H and O–H groups in total. The van der Waals surface area contributed by atoms with Crippen LogP contribution in [0.3, 0.4) is 0 Å². The fourth-order valence-electron chi connectivity index (χ4n) is 3.51. The molecule has 30 heavy (non-hydrogen) atoms. The maximum atomic E-state index is 12.6. The number of nitrogens with one attached hydrogen (secondary N) is 1. The fraction of sp³-hybridized carbons (Fsp3) is 0.391. The summed E-state index contributed by atoms with van der Waals surface area (Å²) in [6.07, 6.45) is 0.911. The predicted molar refractivity (Wildman–Crippen MR) is 114 cm³/mol. The lowest BCUT2D eigenvalue weighted by Gasteiger charge is -2.17. The predicted octanol–water partition coefficient (Wildman–Crippen LogP) is 3.13. The summed E-state index contributed by atoms with van der Waals surface area (Å²) >= 11 is 0. The Labute approximate surface area is 176 Å². The second-order valence-corrected chi connectivity index (χ2v) is 7.13. The van der Waals surface area contributed by atoms with Gasteiger partial charge in [-0.2, -0.15) is 0 Å². The molecular formula is C23H28N2O5. The van der Waals surface area contributed by atoms with Gasteiger partial charge in [0, 0.05) is 25.2 Å². The Morgan fingerprint density at radius 2 is 1.83 bits per heavy atom. The van der Waals surface area contributed by atoms with Gasteiger partial charge in [0.2, 0.25) is 11.8 Å². The number of likely N-dealkylation sites (tertiary alicyclic amines) is 1. The van der Waals surface area contributed by atoms with Crippen LogP contribution in [-0.2, 0) is 16.0 Å². The normalized spacial score (nSPS) is 15.8. The van der Waals surface area contributed by atoms with Gasteiger partial charge >= 0.3 is 0 Å². The zero-order valence-corrected chi connectivity index (χ0v) is 17.6. The number of ether oxygens (including phenoxy) is 3. The van der Waals surface area contributed by atoms with Gasteiger partial charge in [-0.05, 0) is 55.3 Å². The Morgan fingerprint density at radius 3 is 2.50 bits per heavy atom. The van der Waals surface area contributed by atoms with Crippen LogP contribution < -0.4 is 19.5 Å². The number of nitrogens with zero attached hydrogens (tertiary/aromatic N) is 1. The molecule has 0 radical (unpaired) electrons. The standard InChI is InChI=1S/C23H28N2O5/c1-4-30-19-8-6-18(7-9-19)24-23(27)17-14-22(26)25(15-17)12-11-16-5-10-20(28-2)21(13-16)29-3/h5-10,13,17H,4,11-12,14-15H2,1-3H3,(H,24,27). The first-order valence-electron chi connectivity index (χ1n) is 10.1. The first kappa shape index (κ1) is 21.5. The van der Waals surface area contributed by atoms with Crippen LogP contribution in [0.1, 0.15) is 18.9 Å². The van der Waals surface area contributed by atoms with Crippen molar-refractivity contribution in [2.45, 2.75) is 19.8 Å². The van der Waals surface area contributed by atoms with Crippen LogP contribution in [0.2, 0.25) is 0 Å². The van der Waals surface area contributed by atoms with Gasteiger partial charge in [-0.1, -0.05) is 6.07 Å². The van der Waals surface area contributed by atoms with Crippen molar-refractivity contribution in [2.75, 3.05) is 39.2 Å². The second kappa shape index (κ2) is 10.0. The van der Waals surface area contributed by atoms with Crippen molar-refractivity contribution in [3.8, 4) is 17.2 Å². The molecule has 1 fully saturated rings. The number of amides is 2. The van der Waals surface area contributed by atoms with Crippen LogP contribution in [-0.4, -0.2) is 50.6 Å². The summed E-state index contributed by atoms with van der Waals surface area (Å²) in [5, 5.41) is 2.89. The van der Waals surface area contributed by atoms with Gasteiger partial charge in [-0.3, -0.25) is 9.59 Å². The zero-order chi connectivity index (χ0) is 21.5. The summed E-state index contributed by atoms with van der Waals surface area (Å²) in [5.74, 6) is 1.60.